The van der Waals surface area contributed by atoms with Crippen molar-refractivity contribution in [3.05, 3.63) is 56.0 Å². The number of amidine groups is 1. The van der Waals surface area contributed by atoms with Crippen LogP contribution in [-0.2, 0) is 9.59 Å². The second-order valence-corrected chi connectivity index (χ2v) is 10.3. The molecule has 1 aliphatic rings. The SMILES string of the molecule is CCOc1cc(/C=C2/SC(=Nc3ccc(C)cc3)N(CC(C)C)C2=O)cc(I)c1OCC(=O)O. The number of hydrogen-bond acceptors (Lipinski definition) is 6. The van der Waals surface area contributed by atoms with Crippen molar-refractivity contribution in [3.8, 4) is 11.5 Å². The molecule has 0 aliphatic carbocycles. The van der Waals surface area contributed by atoms with E-state index in [2.05, 4.69) is 36.4 Å². The van der Waals surface area contributed by atoms with Crippen LogP contribution < -0.4 is 9.47 Å². The first-order valence-corrected chi connectivity index (χ1v) is 12.7. The minimum absolute atomic E-state index is 0.0938. The topological polar surface area (TPSA) is 88.4 Å². The van der Waals surface area contributed by atoms with Crippen LogP contribution in [0.1, 0.15) is 31.9 Å². The normalized spacial score (nSPS) is 16.1. The van der Waals surface area contributed by atoms with Crippen molar-refractivity contribution in [3.63, 3.8) is 0 Å². The Balaban J connectivity index is 1.97. The minimum Gasteiger partial charge on any atom is -0.490 e. The summed E-state index contributed by atoms with van der Waals surface area (Å²) in [5.74, 6) is -0.0685. The summed E-state index contributed by atoms with van der Waals surface area (Å²) in [6.07, 6.45) is 1.81. The molecular formula is C25H27IN2O5S. The van der Waals surface area contributed by atoms with E-state index in [1.165, 1.54) is 11.8 Å². The summed E-state index contributed by atoms with van der Waals surface area (Å²) in [5, 5.41) is 9.61. The molecule has 1 N–H and O–H groups in total. The molecule has 180 valence electrons. The molecule has 1 heterocycles. The molecule has 1 fully saturated rings. The number of rotatable bonds is 9. The average molecular weight is 594 g/mol. The number of carbonyl (C=O) groups excluding carboxylic acids is 1. The molecule has 1 saturated heterocycles. The Morgan fingerprint density at radius 3 is 2.56 bits per heavy atom. The van der Waals surface area contributed by atoms with E-state index in [1.54, 1.807) is 11.0 Å². The first-order valence-electron chi connectivity index (χ1n) is 10.9. The number of benzene rings is 2. The number of carboxylic acid groups (broad SMARTS) is 1. The zero-order chi connectivity index (χ0) is 24.8. The number of aliphatic imine (C=N–C) groups is 1. The molecule has 9 heteroatoms. The Morgan fingerprint density at radius 2 is 1.94 bits per heavy atom. The van der Waals surface area contributed by atoms with Crippen molar-refractivity contribution in [2.75, 3.05) is 19.8 Å². The predicted octanol–water partition coefficient (Wildman–Crippen LogP) is 5.72. The fourth-order valence-electron chi connectivity index (χ4n) is 3.21. The lowest BCUT2D eigenvalue weighted by Crippen LogP contribution is -2.32. The molecule has 1 aliphatic heterocycles. The lowest BCUT2D eigenvalue weighted by atomic mass is 10.1. The number of carbonyl (C=O) groups is 2. The summed E-state index contributed by atoms with van der Waals surface area (Å²) in [7, 11) is 0. The van der Waals surface area contributed by atoms with Gasteiger partial charge in [-0.1, -0.05) is 31.5 Å². The highest BCUT2D eigenvalue weighted by molar-refractivity contribution is 14.1. The third-order valence-electron chi connectivity index (χ3n) is 4.66. The van der Waals surface area contributed by atoms with Gasteiger partial charge in [-0.05, 0) is 90.0 Å². The van der Waals surface area contributed by atoms with Crippen LogP contribution in [0, 0.1) is 16.4 Å². The predicted molar refractivity (Wildman–Crippen MR) is 144 cm³/mol. The molecule has 0 saturated carbocycles. The average Bonchev–Trinajstić information content (AvgIpc) is 3.03. The summed E-state index contributed by atoms with van der Waals surface area (Å²) >= 11 is 3.42. The van der Waals surface area contributed by atoms with Gasteiger partial charge in [0.25, 0.3) is 5.91 Å². The maximum absolute atomic E-state index is 13.3. The van der Waals surface area contributed by atoms with Gasteiger partial charge in [0.2, 0.25) is 0 Å². The van der Waals surface area contributed by atoms with Gasteiger partial charge in [0, 0.05) is 6.54 Å². The lowest BCUT2D eigenvalue weighted by Gasteiger charge is -2.17. The maximum Gasteiger partial charge on any atom is 0.341 e. The first-order chi connectivity index (χ1) is 16.2. The standard InChI is InChI=1S/C25H27IN2O5S/c1-5-32-20-11-17(10-19(26)23(20)33-14-22(29)30)12-21-24(31)28(13-15(2)3)25(34-21)27-18-8-6-16(4)7-9-18/h6-12,15H,5,13-14H2,1-4H3,(H,29,30)/b21-12+,27-25?. The van der Waals surface area contributed by atoms with Crippen molar-refractivity contribution < 1.29 is 24.2 Å². The Labute approximate surface area is 217 Å². The van der Waals surface area contributed by atoms with E-state index in [9.17, 15) is 9.59 Å². The van der Waals surface area contributed by atoms with Crippen LogP contribution >= 0.6 is 34.4 Å². The summed E-state index contributed by atoms with van der Waals surface area (Å²) in [5.41, 5.74) is 2.70. The molecule has 0 unspecified atom stereocenters. The second kappa shape index (κ2) is 11.7. The van der Waals surface area contributed by atoms with Crippen molar-refractivity contribution in [1.82, 2.24) is 4.90 Å². The Kier molecular flexibility index (Phi) is 9.01. The van der Waals surface area contributed by atoms with E-state index < -0.39 is 12.6 Å². The van der Waals surface area contributed by atoms with Gasteiger partial charge >= 0.3 is 5.97 Å². The number of ether oxygens (including phenoxy) is 2. The van der Waals surface area contributed by atoms with Gasteiger partial charge in [-0.25, -0.2) is 9.79 Å². The van der Waals surface area contributed by atoms with Crippen LogP contribution in [-0.4, -0.2) is 46.8 Å². The molecule has 2 aromatic carbocycles. The van der Waals surface area contributed by atoms with Crippen LogP contribution in [0.25, 0.3) is 6.08 Å². The number of carboxylic acids is 1. The van der Waals surface area contributed by atoms with E-state index in [0.29, 0.717) is 38.3 Å². The number of aryl methyl sites for hydroxylation is 1. The molecule has 0 radical (unpaired) electrons. The molecule has 34 heavy (non-hydrogen) atoms. The van der Waals surface area contributed by atoms with Crippen LogP contribution in [0.4, 0.5) is 5.69 Å². The molecule has 0 spiro atoms. The fraction of sp³-hybridized carbons (Fsp3) is 0.320. The van der Waals surface area contributed by atoms with Crippen molar-refractivity contribution in [2.45, 2.75) is 27.7 Å². The highest BCUT2D eigenvalue weighted by Gasteiger charge is 2.33. The number of thioether (sulfide) groups is 1. The van der Waals surface area contributed by atoms with Crippen molar-refractivity contribution in [1.29, 1.82) is 0 Å². The van der Waals surface area contributed by atoms with Gasteiger partial charge in [0.1, 0.15) is 0 Å². The molecule has 7 nitrogen and oxygen atoms in total. The van der Waals surface area contributed by atoms with Crippen molar-refractivity contribution in [2.24, 2.45) is 10.9 Å². The Bertz CT molecular complexity index is 1130. The number of halogens is 1. The summed E-state index contributed by atoms with van der Waals surface area (Å²) in [6, 6.07) is 11.5. The monoisotopic (exact) mass is 594 g/mol. The Hall–Kier alpha value is -2.53. The second-order valence-electron chi connectivity index (χ2n) is 8.10. The number of amides is 1. The Morgan fingerprint density at radius 1 is 1.24 bits per heavy atom. The summed E-state index contributed by atoms with van der Waals surface area (Å²) in [6.45, 7) is 8.49. The van der Waals surface area contributed by atoms with Gasteiger partial charge in [-0.15, -0.1) is 0 Å². The molecule has 0 atom stereocenters. The summed E-state index contributed by atoms with van der Waals surface area (Å²) < 4.78 is 11.8. The molecule has 0 aromatic heterocycles. The van der Waals surface area contributed by atoms with Crippen LogP contribution in [0.15, 0.2) is 46.3 Å². The zero-order valence-electron chi connectivity index (χ0n) is 19.5. The van der Waals surface area contributed by atoms with Gasteiger partial charge in [0.15, 0.2) is 23.3 Å². The third kappa shape index (κ3) is 6.75. The largest absolute Gasteiger partial charge is 0.490 e. The van der Waals surface area contributed by atoms with Gasteiger partial charge < -0.3 is 14.6 Å². The summed E-state index contributed by atoms with van der Waals surface area (Å²) in [4.78, 5) is 31.2. The smallest absolute Gasteiger partial charge is 0.341 e. The third-order valence-corrected chi connectivity index (χ3v) is 6.47. The lowest BCUT2D eigenvalue weighted by molar-refractivity contribution is -0.139. The van der Waals surface area contributed by atoms with Gasteiger partial charge in [-0.3, -0.25) is 9.69 Å². The first kappa shape index (κ1) is 26.1. The highest BCUT2D eigenvalue weighted by atomic mass is 127. The number of nitrogens with zero attached hydrogens (tertiary/aromatic N) is 2. The molecular weight excluding hydrogens is 567 g/mol. The number of hydrogen-bond donors (Lipinski definition) is 1. The molecule has 2 aromatic rings. The van der Waals surface area contributed by atoms with Crippen LogP contribution in [0.2, 0.25) is 0 Å². The zero-order valence-corrected chi connectivity index (χ0v) is 22.5. The highest BCUT2D eigenvalue weighted by Crippen LogP contribution is 2.38. The van der Waals surface area contributed by atoms with E-state index in [4.69, 9.17) is 19.6 Å². The molecule has 0 bridgehead atoms. The quantitative estimate of drug-likeness (QED) is 0.295. The van der Waals surface area contributed by atoms with Crippen molar-refractivity contribution >= 4 is 63.2 Å². The minimum atomic E-state index is -1.07. The van der Waals surface area contributed by atoms with E-state index in [0.717, 1.165) is 16.8 Å². The molecule has 3 rings (SSSR count). The van der Waals surface area contributed by atoms with Crippen LogP contribution in [0.5, 0.6) is 11.5 Å². The van der Waals surface area contributed by atoms with E-state index in [1.807, 2.05) is 50.3 Å². The fourth-order valence-corrected chi connectivity index (χ4v) is 5.00. The molecule has 1 amide bonds. The van der Waals surface area contributed by atoms with Crippen LogP contribution in [0.3, 0.4) is 0 Å². The van der Waals surface area contributed by atoms with Gasteiger partial charge in [0.05, 0.1) is 20.8 Å². The van der Waals surface area contributed by atoms with E-state index >= 15 is 0 Å². The van der Waals surface area contributed by atoms with E-state index in [-0.39, 0.29) is 11.8 Å². The maximum atomic E-state index is 13.3. The van der Waals surface area contributed by atoms with Gasteiger partial charge in [-0.2, -0.15) is 0 Å². The number of aliphatic carboxylic acids is 1.